The van der Waals surface area contributed by atoms with Gasteiger partial charge in [-0.2, -0.15) is 5.10 Å². The Bertz CT molecular complexity index is 1090. The number of hydrogen-bond donors (Lipinski definition) is 1. The second-order valence-electron chi connectivity index (χ2n) is 7.82. The standard InChI is InChI=1S/C24H27N5O4/c1-32-20-13-19(14-21(15-20)33-2)24(31)28-11-6-17(7-12-28)23(30)26-16-18-5-3-8-25-22(18)29-10-4-9-27-29/h3-5,8-10,13-15,17H,6-7,11-12,16H2,1-2H3,(H,26,30). The molecule has 1 saturated heterocycles. The van der Waals surface area contributed by atoms with E-state index in [9.17, 15) is 9.59 Å². The number of likely N-dealkylation sites (tertiary alicyclic amines) is 1. The van der Waals surface area contributed by atoms with E-state index in [0.29, 0.717) is 55.4 Å². The molecule has 0 radical (unpaired) electrons. The van der Waals surface area contributed by atoms with Crippen LogP contribution in [-0.2, 0) is 11.3 Å². The average molecular weight is 450 g/mol. The Morgan fingerprint density at radius 1 is 1.06 bits per heavy atom. The number of nitrogens with zero attached hydrogens (tertiary/aromatic N) is 4. The van der Waals surface area contributed by atoms with Gasteiger partial charge in [0.15, 0.2) is 5.82 Å². The molecule has 9 heteroatoms. The first-order valence-corrected chi connectivity index (χ1v) is 10.8. The molecule has 1 fully saturated rings. The monoisotopic (exact) mass is 449 g/mol. The zero-order chi connectivity index (χ0) is 23.2. The third kappa shape index (κ3) is 5.14. The summed E-state index contributed by atoms with van der Waals surface area (Å²) in [6, 6.07) is 10.7. The summed E-state index contributed by atoms with van der Waals surface area (Å²) in [5.74, 6) is 1.58. The molecule has 0 atom stereocenters. The van der Waals surface area contributed by atoms with Gasteiger partial charge in [-0.05, 0) is 37.1 Å². The molecule has 0 unspecified atom stereocenters. The normalized spacial score (nSPS) is 14.1. The summed E-state index contributed by atoms with van der Waals surface area (Å²) in [6.45, 7) is 1.40. The largest absolute Gasteiger partial charge is 0.497 e. The Morgan fingerprint density at radius 2 is 1.79 bits per heavy atom. The number of nitrogens with one attached hydrogen (secondary N) is 1. The average Bonchev–Trinajstić information content (AvgIpc) is 3.41. The Balaban J connectivity index is 1.33. The van der Waals surface area contributed by atoms with E-state index in [-0.39, 0.29) is 17.7 Å². The smallest absolute Gasteiger partial charge is 0.254 e. The van der Waals surface area contributed by atoms with E-state index in [4.69, 9.17) is 9.47 Å². The van der Waals surface area contributed by atoms with Gasteiger partial charge in [-0.3, -0.25) is 9.59 Å². The predicted octanol–water partition coefficient (Wildman–Crippen LogP) is 2.45. The molecule has 0 bridgehead atoms. The summed E-state index contributed by atoms with van der Waals surface area (Å²) in [5.41, 5.74) is 1.39. The molecule has 0 saturated carbocycles. The predicted molar refractivity (Wildman–Crippen MR) is 121 cm³/mol. The summed E-state index contributed by atoms with van der Waals surface area (Å²) in [4.78, 5) is 31.9. The van der Waals surface area contributed by atoms with Crippen molar-refractivity contribution in [3.63, 3.8) is 0 Å². The second-order valence-corrected chi connectivity index (χ2v) is 7.82. The van der Waals surface area contributed by atoms with E-state index in [2.05, 4.69) is 15.4 Å². The quantitative estimate of drug-likeness (QED) is 0.595. The molecule has 2 amide bonds. The van der Waals surface area contributed by atoms with Crippen LogP contribution in [-0.4, -0.2) is 58.8 Å². The summed E-state index contributed by atoms with van der Waals surface area (Å²) < 4.78 is 12.2. The van der Waals surface area contributed by atoms with Crippen LogP contribution in [0.5, 0.6) is 11.5 Å². The molecule has 2 aromatic heterocycles. The molecule has 172 valence electrons. The number of rotatable bonds is 7. The fourth-order valence-electron chi connectivity index (χ4n) is 3.95. The van der Waals surface area contributed by atoms with Crippen molar-refractivity contribution in [2.24, 2.45) is 5.92 Å². The van der Waals surface area contributed by atoms with Gasteiger partial charge in [0.2, 0.25) is 5.91 Å². The summed E-state index contributed by atoms with van der Waals surface area (Å²) in [5, 5.41) is 7.24. The summed E-state index contributed by atoms with van der Waals surface area (Å²) >= 11 is 0. The van der Waals surface area contributed by atoms with E-state index >= 15 is 0 Å². The molecule has 1 aliphatic heterocycles. The molecule has 1 aromatic carbocycles. The van der Waals surface area contributed by atoms with E-state index in [1.54, 1.807) is 54.4 Å². The maximum atomic E-state index is 13.0. The molecular formula is C24H27N5O4. The van der Waals surface area contributed by atoms with Crippen LogP contribution in [0.1, 0.15) is 28.8 Å². The van der Waals surface area contributed by atoms with Crippen LogP contribution in [0, 0.1) is 5.92 Å². The van der Waals surface area contributed by atoms with Crippen LogP contribution >= 0.6 is 0 Å². The molecular weight excluding hydrogens is 422 g/mol. The molecule has 9 nitrogen and oxygen atoms in total. The first kappa shape index (κ1) is 22.3. The number of hydrogen-bond acceptors (Lipinski definition) is 6. The minimum absolute atomic E-state index is 0.0135. The lowest BCUT2D eigenvalue weighted by molar-refractivity contribution is -0.126. The van der Waals surface area contributed by atoms with Gasteiger partial charge in [-0.25, -0.2) is 9.67 Å². The molecule has 1 aliphatic rings. The van der Waals surface area contributed by atoms with Crippen LogP contribution in [0.25, 0.3) is 5.82 Å². The SMILES string of the molecule is COc1cc(OC)cc(C(=O)N2CCC(C(=O)NCc3cccnc3-n3cccn3)CC2)c1. The van der Waals surface area contributed by atoms with Crippen molar-refractivity contribution in [2.45, 2.75) is 19.4 Å². The molecule has 33 heavy (non-hydrogen) atoms. The molecule has 0 spiro atoms. The van der Waals surface area contributed by atoms with Gasteiger partial charge in [-0.1, -0.05) is 6.07 Å². The van der Waals surface area contributed by atoms with Crippen LogP contribution in [0.3, 0.4) is 0 Å². The van der Waals surface area contributed by atoms with Gasteiger partial charge in [0, 0.05) is 61.3 Å². The first-order valence-electron chi connectivity index (χ1n) is 10.8. The number of aromatic nitrogens is 3. The van der Waals surface area contributed by atoms with Crippen molar-refractivity contribution in [2.75, 3.05) is 27.3 Å². The lowest BCUT2D eigenvalue weighted by Crippen LogP contribution is -2.43. The summed E-state index contributed by atoms with van der Waals surface area (Å²) in [7, 11) is 3.10. The van der Waals surface area contributed by atoms with Crippen molar-refractivity contribution >= 4 is 11.8 Å². The molecule has 4 rings (SSSR count). The fraction of sp³-hybridized carbons (Fsp3) is 0.333. The molecule has 3 aromatic rings. The molecule has 1 N–H and O–H groups in total. The van der Waals surface area contributed by atoms with Crippen molar-refractivity contribution < 1.29 is 19.1 Å². The zero-order valence-electron chi connectivity index (χ0n) is 18.7. The van der Waals surface area contributed by atoms with Crippen molar-refractivity contribution in [3.05, 3.63) is 66.1 Å². The lowest BCUT2D eigenvalue weighted by Gasteiger charge is -2.31. The highest BCUT2D eigenvalue weighted by atomic mass is 16.5. The van der Waals surface area contributed by atoms with Crippen LogP contribution in [0.4, 0.5) is 0 Å². The molecule has 0 aliphatic carbocycles. The summed E-state index contributed by atoms with van der Waals surface area (Å²) in [6.07, 6.45) is 6.43. The zero-order valence-corrected chi connectivity index (χ0v) is 18.7. The topological polar surface area (TPSA) is 98.6 Å². The van der Waals surface area contributed by atoms with E-state index in [0.717, 1.165) is 5.56 Å². The number of pyridine rings is 1. The minimum atomic E-state index is -0.140. The Morgan fingerprint density at radius 3 is 2.42 bits per heavy atom. The van der Waals surface area contributed by atoms with Crippen molar-refractivity contribution in [1.29, 1.82) is 0 Å². The van der Waals surface area contributed by atoms with Gasteiger partial charge < -0.3 is 19.7 Å². The van der Waals surface area contributed by atoms with Crippen molar-refractivity contribution in [1.82, 2.24) is 25.0 Å². The highest BCUT2D eigenvalue weighted by molar-refractivity contribution is 5.95. The number of ether oxygens (including phenoxy) is 2. The maximum absolute atomic E-state index is 13.0. The van der Waals surface area contributed by atoms with Gasteiger partial charge >= 0.3 is 0 Å². The van der Waals surface area contributed by atoms with Gasteiger partial charge in [0.05, 0.1) is 14.2 Å². The minimum Gasteiger partial charge on any atom is -0.497 e. The Kier molecular flexibility index (Phi) is 6.87. The Hall–Kier alpha value is -3.88. The molecule has 3 heterocycles. The van der Waals surface area contributed by atoms with Gasteiger partial charge in [-0.15, -0.1) is 0 Å². The number of amides is 2. The van der Waals surface area contributed by atoms with Crippen LogP contribution in [0.15, 0.2) is 55.0 Å². The van der Waals surface area contributed by atoms with Crippen LogP contribution < -0.4 is 14.8 Å². The lowest BCUT2D eigenvalue weighted by atomic mass is 9.95. The fourth-order valence-corrected chi connectivity index (χ4v) is 3.95. The Labute approximate surface area is 192 Å². The maximum Gasteiger partial charge on any atom is 0.254 e. The number of piperidine rings is 1. The third-order valence-electron chi connectivity index (χ3n) is 5.79. The first-order chi connectivity index (χ1) is 16.1. The van der Waals surface area contributed by atoms with E-state index in [1.165, 1.54) is 0 Å². The number of benzene rings is 1. The van der Waals surface area contributed by atoms with E-state index < -0.39 is 0 Å². The van der Waals surface area contributed by atoms with Gasteiger partial charge in [0.25, 0.3) is 5.91 Å². The highest BCUT2D eigenvalue weighted by Gasteiger charge is 2.28. The number of methoxy groups -OCH3 is 2. The van der Waals surface area contributed by atoms with Crippen molar-refractivity contribution in [3.8, 4) is 17.3 Å². The second kappa shape index (κ2) is 10.2. The highest BCUT2D eigenvalue weighted by Crippen LogP contribution is 2.25. The third-order valence-corrected chi connectivity index (χ3v) is 5.79. The number of carbonyl (C=O) groups is 2. The van der Waals surface area contributed by atoms with Crippen LogP contribution in [0.2, 0.25) is 0 Å². The van der Waals surface area contributed by atoms with E-state index in [1.807, 2.05) is 24.4 Å². The number of carbonyl (C=O) groups excluding carboxylic acids is 2. The van der Waals surface area contributed by atoms with Gasteiger partial charge in [0.1, 0.15) is 11.5 Å².